The predicted octanol–water partition coefficient (Wildman–Crippen LogP) is 1.36. The Morgan fingerprint density at radius 1 is 1.38 bits per heavy atom. The summed E-state index contributed by atoms with van der Waals surface area (Å²) < 4.78 is 0. The Hall–Kier alpha value is -1.75. The van der Waals surface area contributed by atoms with Crippen LogP contribution in [0.25, 0.3) is 0 Å². The van der Waals surface area contributed by atoms with Crippen LogP contribution < -0.4 is 11.1 Å². The second-order valence-corrected chi connectivity index (χ2v) is 5.33. The fraction of sp³-hybridized carbons (Fsp3) is 0.467. The molecule has 0 saturated carbocycles. The molecule has 0 bridgehead atoms. The minimum atomic E-state index is -0.0334. The lowest BCUT2D eigenvalue weighted by Gasteiger charge is -2.21. The van der Waals surface area contributed by atoms with Crippen molar-refractivity contribution in [3.8, 4) is 0 Å². The molecule has 0 aromatic heterocycles. The molecular formula is C15H22ClN3O2. The van der Waals surface area contributed by atoms with Crippen molar-refractivity contribution in [3.05, 3.63) is 29.8 Å². The smallest absolute Gasteiger partial charge is 0.224 e. The van der Waals surface area contributed by atoms with E-state index in [1.165, 1.54) is 0 Å². The third-order valence-corrected chi connectivity index (χ3v) is 3.42. The van der Waals surface area contributed by atoms with Crippen molar-refractivity contribution in [1.82, 2.24) is 10.2 Å². The largest absolute Gasteiger partial charge is 0.399 e. The molecule has 0 spiro atoms. The Labute approximate surface area is 131 Å². The third-order valence-electron chi connectivity index (χ3n) is 3.42. The molecule has 1 heterocycles. The highest BCUT2D eigenvalue weighted by molar-refractivity contribution is 5.85. The first kappa shape index (κ1) is 17.3. The number of benzene rings is 1. The summed E-state index contributed by atoms with van der Waals surface area (Å²) >= 11 is 0. The van der Waals surface area contributed by atoms with E-state index in [-0.39, 0.29) is 30.3 Å². The van der Waals surface area contributed by atoms with Crippen LogP contribution in [-0.2, 0) is 16.0 Å². The number of rotatable bonds is 5. The number of halogens is 1. The van der Waals surface area contributed by atoms with Crippen LogP contribution >= 0.6 is 12.4 Å². The second-order valence-electron chi connectivity index (χ2n) is 5.33. The maximum atomic E-state index is 11.9. The highest BCUT2D eigenvalue weighted by atomic mass is 35.5. The van der Waals surface area contributed by atoms with Crippen molar-refractivity contribution in [3.63, 3.8) is 0 Å². The monoisotopic (exact) mass is 311 g/mol. The second kappa shape index (κ2) is 7.88. The van der Waals surface area contributed by atoms with Gasteiger partial charge in [0.15, 0.2) is 0 Å². The number of nitrogens with zero attached hydrogens (tertiary/aromatic N) is 1. The van der Waals surface area contributed by atoms with E-state index in [4.69, 9.17) is 5.73 Å². The Kier molecular flexibility index (Phi) is 6.49. The minimum absolute atomic E-state index is 0. The summed E-state index contributed by atoms with van der Waals surface area (Å²) in [6.45, 7) is 3.32. The Bertz CT molecular complexity index is 490. The van der Waals surface area contributed by atoms with Gasteiger partial charge in [-0.2, -0.15) is 0 Å². The standard InChI is InChI=1S/C15H21N3O2.ClH/c1-11(10-18-8-2-3-15(18)20)17-14(19)9-12-4-6-13(16)7-5-12;/h4-7,11H,2-3,8-10,16H2,1H3,(H,17,19);1H. The first-order chi connectivity index (χ1) is 9.54. The average Bonchev–Trinajstić information content (AvgIpc) is 2.77. The summed E-state index contributed by atoms with van der Waals surface area (Å²) in [6, 6.07) is 7.25. The van der Waals surface area contributed by atoms with E-state index in [0.717, 1.165) is 18.5 Å². The normalized spacial score (nSPS) is 15.5. The zero-order valence-electron chi connectivity index (χ0n) is 12.2. The van der Waals surface area contributed by atoms with Crippen molar-refractivity contribution in [2.24, 2.45) is 0 Å². The number of likely N-dealkylation sites (tertiary alicyclic amines) is 1. The van der Waals surface area contributed by atoms with Gasteiger partial charge in [-0.3, -0.25) is 9.59 Å². The van der Waals surface area contributed by atoms with Crippen LogP contribution in [0.3, 0.4) is 0 Å². The molecule has 1 aromatic carbocycles. The van der Waals surface area contributed by atoms with Gasteiger partial charge in [0.25, 0.3) is 0 Å². The van der Waals surface area contributed by atoms with Crippen molar-refractivity contribution in [1.29, 1.82) is 0 Å². The quantitative estimate of drug-likeness (QED) is 0.806. The molecular weight excluding hydrogens is 290 g/mol. The third kappa shape index (κ3) is 5.27. The maximum absolute atomic E-state index is 11.9. The zero-order valence-corrected chi connectivity index (χ0v) is 13.0. The zero-order chi connectivity index (χ0) is 14.5. The summed E-state index contributed by atoms with van der Waals surface area (Å²) in [5.74, 6) is 0.151. The Morgan fingerprint density at radius 2 is 2.05 bits per heavy atom. The number of nitrogens with one attached hydrogen (secondary N) is 1. The van der Waals surface area contributed by atoms with Crippen LogP contribution in [0, 0.1) is 0 Å². The molecule has 116 valence electrons. The molecule has 1 aromatic rings. The lowest BCUT2D eigenvalue weighted by atomic mass is 10.1. The first-order valence-electron chi connectivity index (χ1n) is 6.96. The van der Waals surface area contributed by atoms with Gasteiger partial charge in [-0.05, 0) is 31.0 Å². The molecule has 1 aliphatic rings. The number of nitrogens with two attached hydrogens (primary N) is 1. The van der Waals surface area contributed by atoms with Crippen molar-refractivity contribution < 1.29 is 9.59 Å². The molecule has 0 radical (unpaired) electrons. The summed E-state index contributed by atoms with van der Waals surface area (Å²) in [6.07, 6.45) is 1.88. The number of anilines is 1. The lowest BCUT2D eigenvalue weighted by molar-refractivity contribution is -0.129. The fourth-order valence-electron chi connectivity index (χ4n) is 2.42. The van der Waals surface area contributed by atoms with Gasteiger partial charge in [-0.25, -0.2) is 0 Å². The molecule has 5 nitrogen and oxygen atoms in total. The van der Waals surface area contributed by atoms with Crippen LogP contribution in [-0.4, -0.2) is 35.8 Å². The SMILES string of the molecule is CC(CN1CCCC1=O)NC(=O)Cc1ccc(N)cc1.Cl. The van der Waals surface area contributed by atoms with E-state index < -0.39 is 0 Å². The van der Waals surface area contributed by atoms with Crippen LogP contribution in [0.2, 0.25) is 0 Å². The summed E-state index contributed by atoms with van der Waals surface area (Å²) in [5.41, 5.74) is 7.23. The van der Waals surface area contributed by atoms with Gasteiger partial charge >= 0.3 is 0 Å². The van der Waals surface area contributed by atoms with Crippen LogP contribution in [0.1, 0.15) is 25.3 Å². The van der Waals surface area contributed by atoms with Gasteiger partial charge < -0.3 is 16.0 Å². The van der Waals surface area contributed by atoms with E-state index in [1.54, 1.807) is 12.1 Å². The number of carbonyl (C=O) groups excluding carboxylic acids is 2. The molecule has 21 heavy (non-hydrogen) atoms. The number of carbonyl (C=O) groups is 2. The van der Waals surface area contributed by atoms with Gasteiger partial charge in [-0.15, -0.1) is 12.4 Å². The van der Waals surface area contributed by atoms with Gasteiger partial charge in [0.1, 0.15) is 0 Å². The van der Waals surface area contributed by atoms with Crippen molar-refractivity contribution in [2.75, 3.05) is 18.8 Å². The van der Waals surface area contributed by atoms with E-state index in [9.17, 15) is 9.59 Å². The molecule has 1 saturated heterocycles. The van der Waals surface area contributed by atoms with Gasteiger partial charge in [0.2, 0.25) is 11.8 Å². The predicted molar refractivity (Wildman–Crippen MR) is 85.2 cm³/mol. The molecule has 6 heteroatoms. The number of hydrogen-bond donors (Lipinski definition) is 2. The molecule has 1 unspecified atom stereocenters. The minimum Gasteiger partial charge on any atom is -0.399 e. The molecule has 1 atom stereocenters. The fourth-order valence-corrected chi connectivity index (χ4v) is 2.42. The number of nitrogen functional groups attached to an aromatic ring is 1. The highest BCUT2D eigenvalue weighted by Gasteiger charge is 2.22. The van der Waals surface area contributed by atoms with E-state index in [2.05, 4.69) is 5.32 Å². The molecule has 2 amide bonds. The number of amides is 2. The van der Waals surface area contributed by atoms with Crippen LogP contribution in [0.5, 0.6) is 0 Å². The van der Waals surface area contributed by atoms with Gasteiger partial charge in [0.05, 0.1) is 6.42 Å². The highest BCUT2D eigenvalue weighted by Crippen LogP contribution is 2.10. The van der Waals surface area contributed by atoms with Crippen molar-refractivity contribution >= 4 is 29.9 Å². The first-order valence-corrected chi connectivity index (χ1v) is 6.96. The molecule has 3 N–H and O–H groups in total. The molecule has 1 fully saturated rings. The number of hydrogen-bond acceptors (Lipinski definition) is 3. The average molecular weight is 312 g/mol. The Morgan fingerprint density at radius 3 is 2.62 bits per heavy atom. The van der Waals surface area contributed by atoms with E-state index in [0.29, 0.717) is 25.1 Å². The topological polar surface area (TPSA) is 75.4 Å². The van der Waals surface area contributed by atoms with Crippen LogP contribution in [0.15, 0.2) is 24.3 Å². The maximum Gasteiger partial charge on any atom is 0.224 e. The Balaban J connectivity index is 0.00000220. The molecule has 2 rings (SSSR count). The van der Waals surface area contributed by atoms with E-state index >= 15 is 0 Å². The van der Waals surface area contributed by atoms with E-state index in [1.807, 2.05) is 24.0 Å². The molecule has 0 aliphatic carbocycles. The summed E-state index contributed by atoms with van der Waals surface area (Å²) in [7, 11) is 0. The van der Waals surface area contributed by atoms with Gasteiger partial charge in [0, 0.05) is 31.2 Å². The molecule has 1 aliphatic heterocycles. The lowest BCUT2D eigenvalue weighted by Crippen LogP contribution is -2.42. The summed E-state index contributed by atoms with van der Waals surface area (Å²) in [4.78, 5) is 25.3. The summed E-state index contributed by atoms with van der Waals surface area (Å²) in [5, 5.41) is 2.93. The van der Waals surface area contributed by atoms with Crippen molar-refractivity contribution in [2.45, 2.75) is 32.2 Å². The van der Waals surface area contributed by atoms with Gasteiger partial charge in [-0.1, -0.05) is 12.1 Å². The van der Waals surface area contributed by atoms with Crippen LogP contribution in [0.4, 0.5) is 5.69 Å².